The summed E-state index contributed by atoms with van der Waals surface area (Å²) in [6.45, 7) is 6.81. The van der Waals surface area contributed by atoms with Crippen LogP contribution in [-0.2, 0) is 0 Å². The van der Waals surface area contributed by atoms with Gasteiger partial charge in [-0.3, -0.25) is 0 Å². The second-order valence-electron chi connectivity index (χ2n) is 3.00. The van der Waals surface area contributed by atoms with Gasteiger partial charge in [-0.25, -0.2) is 0 Å². The van der Waals surface area contributed by atoms with Crippen molar-refractivity contribution in [3.63, 3.8) is 0 Å². The van der Waals surface area contributed by atoms with Crippen molar-refractivity contribution in [2.45, 2.75) is 20.3 Å². The standard InChI is InChI=1S/C4H9.CH4O.K/c1-4(2)3;1-2;/h1-3H3;2H,1H3;. The van der Waals surface area contributed by atoms with Crippen molar-refractivity contribution in [3.05, 3.63) is 0 Å². The molecule has 1 nitrogen and oxygen atoms in total. The van der Waals surface area contributed by atoms with Gasteiger partial charge in [0.1, 0.15) is 0 Å². The van der Waals surface area contributed by atoms with Crippen molar-refractivity contribution in [1.29, 1.82) is 0 Å². The Balaban J connectivity index is 0. The average molecular weight is 128 g/mol. The molecule has 0 aromatic rings. The molecule has 0 aliphatic carbocycles. The third-order valence-corrected chi connectivity index (χ3v) is 0. The molecule has 0 aromatic heterocycles. The molecule has 0 spiro atoms. The van der Waals surface area contributed by atoms with E-state index >= 15 is 0 Å². The van der Waals surface area contributed by atoms with Crippen LogP contribution in [0.5, 0.6) is 0 Å². The van der Waals surface area contributed by atoms with Gasteiger partial charge in [0.25, 0.3) is 0 Å². The third kappa shape index (κ3) is 93.4. The van der Waals surface area contributed by atoms with Crippen LogP contribution in [-0.4, -0.2) is 61.2 Å². The van der Waals surface area contributed by atoms with Gasteiger partial charge >= 0.3 is 69.2 Å². The second-order valence-corrected chi connectivity index (χ2v) is 7.68. The van der Waals surface area contributed by atoms with Gasteiger partial charge in [-0.15, -0.1) is 0 Å². The van der Waals surface area contributed by atoms with Crippen molar-refractivity contribution in [1.82, 2.24) is 0 Å². The molecule has 0 unspecified atom stereocenters. The van der Waals surface area contributed by atoms with Gasteiger partial charge in [0.05, 0.1) is 0 Å². The monoisotopic (exact) mass is 128 g/mol. The molecule has 0 aliphatic heterocycles. The van der Waals surface area contributed by atoms with Crippen LogP contribution in [0, 0.1) is 0 Å². The van der Waals surface area contributed by atoms with E-state index in [1.165, 1.54) is 0 Å². The fourth-order valence-electron chi connectivity index (χ4n) is 0. The number of rotatable bonds is 0. The summed E-state index contributed by atoms with van der Waals surface area (Å²) in [7, 11) is 1.00. The Bertz CT molecular complexity index is 23.6. The fourth-order valence-corrected chi connectivity index (χ4v) is 0. The first-order valence-corrected chi connectivity index (χ1v) is 4.01. The minimum absolute atomic E-state index is 0.688. The second kappa shape index (κ2) is 5.73. The number of hydrogen-bond donors (Lipinski definition) is 1. The Morgan fingerprint density at radius 2 is 1.14 bits per heavy atom. The summed E-state index contributed by atoms with van der Waals surface area (Å²) in [5, 5.41) is 7.00. The van der Waals surface area contributed by atoms with Crippen LogP contribution in [0.15, 0.2) is 0 Å². The maximum atomic E-state index is 7.00. The predicted molar refractivity (Wildman–Crippen MR) is 33.6 cm³/mol. The Morgan fingerprint density at radius 1 is 1.14 bits per heavy atom. The van der Waals surface area contributed by atoms with Crippen LogP contribution in [0.25, 0.3) is 0 Å². The summed E-state index contributed by atoms with van der Waals surface area (Å²) < 4.78 is 0.688. The van der Waals surface area contributed by atoms with Crippen LogP contribution < -0.4 is 0 Å². The molecule has 0 rings (SSSR count). The fraction of sp³-hybridized carbons (Fsp3) is 1.00. The van der Waals surface area contributed by atoms with Crippen molar-refractivity contribution in [3.8, 4) is 0 Å². The van der Waals surface area contributed by atoms with E-state index in [0.29, 0.717) is -0.490 Å². The van der Waals surface area contributed by atoms with Crippen LogP contribution in [0.1, 0.15) is 20.8 Å². The molecule has 0 atom stereocenters. The molecule has 7 heavy (non-hydrogen) atoms. The SMILES string of the molecule is CO.C[C](C)(C)[K]. The van der Waals surface area contributed by atoms with E-state index in [-0.39, 0.29) is 0 Å². The molecule has 0 fully saturated rings. The normalized spacial score (nSPS) is 9.57. The molecular formula is C5H13KO. The molecule has 2 heteroatoms. The zero-order chi connectivity index (χ0) is 6.50. The Hall–Kier alpha value is 1.60. The summed E-state index contributed by atoms with van der Waals surface area (Å²) >= 11 is 1.00. The van der Waals surface area contributed by atoms with Gasteiger partial charge in [-0.1, -0.05) is 0 Å². The zero-order valence-corrected chi connectivity index (χ0v) is 9.07. The Morgan fingerprint density at radius 3 is 1.14 bits per heavy atom. The Kier molecular flexibility index (Phi) is 9.33. The zero-order valence-electron chi connectivity index (χ0n) is 5.95. The molecule has 0 saturated heterocycles. The van der Waals surface area contributed by atoms with Crippen LogP contribution >= 0.6 is 0 Å². The Labute approximate surface area is 80.1 Å². The average Bonchev–Trinajstić information content (AvgIpc) is 1.36. The van der Waals surface area contributed by atoms with Gasteiger partial charge in [0.15, 0.2) is 0 Å². The van der Waals surface area contributed by atoms with Crippen LogP contribution in [0.4, 0.5) is 0 Å². The summed E-state index contributed by atoms with van der Waals surface area (Å²) in [5.41, 5.74) is 0. The number of hydrogen-bond acceptors (Lipinski definition) is 1. The molecule has 1 N–H and O–H groups in total. The first-order valence-electron chi connectivity index (χ1n) is 2.45. The van der Waals surface area contributed by atoms with E-state index in [2.05, 4.69) is 20.8 Å². The minimum atomic E-state index is 0.688. The van der Waals surface area contributed by atoms with Crippen molar-refractivity contribution in [2.75, 3.05) is 7.11 Å². The maximum absolute atomic E-state index is 7.00. The first-order chi connectivity index (χ1) is 3.00. The van der Waals surface area contributed by atoms with Gasteiger partial charge < -0.3 is 5.11 Å². The van der Waals surface area contributed by atoms with E-state index in [0.717, 1.165) is 56.1 Å². The molecule has 0 amide bonds. The van der Waals surface area contributed by atoms with E-state index in [1.807, 2.05) is 0 Å². The quantitative estimate of drug-likeness (QED) is 0.482. The molecule has 0 radical (unpaired) electrons. The predicted octanol–water partition coefficient (Wildman–Crippen LogP) is 0.982. The molecule has 0 aliphatic rings. The van der Waals surface area contributed by atoms with Gasteiger partial charge in [0.2, 0.25) is 0 Å². The topological polar surface area (TPSA) is 20.2 Å². The molecular weight excluding hydrogens is 115 g/mol. The summed E-state index contributed by atoms with van der Waals surface area (Å²) in [6.07, 6.45) is 0. The summed E-state index contributed by atoms with van der Waals surface area (Å²) in [4.78, 5) is 0. The van der Waals surface area contributed by atoms with Gasteiger partial charge in [-0.05, 0) is 0 Å². The van der Waals surface area contributed by atoms with Crippen molar-refractivity contribution < 1.29 is 5.11 Å². The van der Waals surface area contributed by atoms with Crippen LogP contribution in [0.2, 0.25) is -0.490 Å². The third-order valence-electron chi connectivity index (χ3n) is 0. The molecule has 0 aromatic carbocycles. The summed E-state index contributed by atoms with van der Waals surface area (Å²) in [6, 6.07) is 0. The molecule has 0 bridgehead atoms. The van der Waals surface area contributed by atoms with Crippen molar-refractivity contribution in [2.24, 2.45) is 0 Å². The number of aliphatic hydroxyl groups excluding tert-OH is 1. The van der Waals surface area contributed by atoms with E-state index in [4.69, 9.17) is 5.11 Å². The van der Waals surface area contributed by atoms with E-state index in [1.54, 1.807) is 0 Å². The molecule has 0 heterocycles. The molecule has 40 valence electrons. The number of aliphatic hydroxyl groups is 1. The molecule has 0 saturated carbocycles. The van der Waals surface area contributed by atoms with Crippen molar-refractivity contribution >= 4 is 49.0 Å². The van der Waals surface area contributed by atoms with Gasteiger partial charge in [0, 0.05) is 7.11 Å². The van der Waals surface area contributed by atoms with Crippen LogP contribution in [0.3, 0.4) is 0 Å². The van der Waals surface area contributed by atoms with E-state index < -0.39 is 0 Å². The summed E-state index contributed by atoms with van der Waals surface area (Å²) in [5.74, 6) is 0. The van der Waals surface area contributed by atoms with E-state index in [9.17, 15) is 0 Å². The van der Waals surface area contributed by atoms with Gasteiger partial charge in [-0.2, -0.15) is 0 Å². The first kappa shape index (κ1) is 11.4.